The molecule has 29 heavy (non-hydrogen) atoms. The Morgan fingerprint density at radius 2 is 1.97 bits per heavy atom. The Morgan fingerprint density at radius 1 is 1.17 bits per heavy atom. The van der Waals surface area contributed by atoms with Crippen LogP contribution in [0.4, 0.5) is 5.69 Å². The lowest BCUT2D eigenvalue weighted by atomic mass is 10.0. The molecule has 3 heterocycles. The molecule has 0 bridgehead atoms. The van der Waals surface area contributed by atoms with E-state index < -0.39 is 0 Å². The van der Waals surface area contributed by atoms with E-state index in [1.54, 1.807) is 35.1 Å². The molecule has 0 saturated heterocycles. The molecule has 0 fully saturated rings. The van der Waals surface area contributed by atoms with Crippen molar-refractivity contribution in [2.24, 2.45) is 0 Å². The normalized spacial score (nSPS) is 11.1. The molecular weight excluding hydrogens is 368 g/mol. The highest BCUT2D eigenvalue weighted by Crippen LogP contribution is 2.30. The number of rotatable bonds is 6. The van der Waals surface area contributed by atoms with Crippen LogP contribution in [0.2, 0.25) is 0 Å². The van der Waals surface area contributed by atoms with Crippen LogP contribution in [0.5, 0.6) is 0 Å². The molecule has 0 radical (unpaired) electrons. The average Bonchev–Trinajstić information content (AvgIpc) is 3.27. The number of carbonyl (C=O) groups is 1. The third-order valence-corrected chi connectivity index (χ3v) is 4.64. The Hall–Kier alpha value is -3.52. The number of carbonyl (C=O) groups excluding carboxylic acids is 1. The van der Waals surface area contributed by atoms with Gasteiger partial charge in [-0.3, -0.25) is 4.79 Å². The minimum Gasteiger partial charge on any atom is -0.362 e. The van der Waals surface area contributed by atoms with E-state index in [4.69, 9.17) is 4.74 Å². The lowest BCUT2D eigenvalue weighted by molar-refractivity contribution is -0.116. The lowest BCUT2D eigenvalue weighted by Gasteiger charge is -2.06. The first-order valence-corrected chi connectivity index (χ1v) is 9.25. The van der Waals surface area contributed by atoms with E-state index in [0.717, 1.165) is 22.2 Å². The minimum absolute atomic E-state index is 0.0597. The molecule has 0 spiro atoms. The quantitative estimate of drug-likeness (QED) is 0.546. The summed E-state index contributed by atoms with van der Waals surface area (Å²) >= 11 is 0. The molecule has 0 aliphatic heterocycles. The van der Waals surface area contributed by atoms with E-state index in [0.29, 0.717) is 18.1 Å². The SMILES string of the molecule is COCn1cc(NC(=O)Cn2nc(C)c3c(-c4ccc(C)cc4)ccnc32)cn1. The summed E-state index contributed by atoms with van der Waals surface area (Å²) in [5, 5.41) is 12.5. The number of nitrogens with one attached hydrogen (secondary N) is 1. The first-order valence-electron chi connectivity index (χ1n) is 9.25. The van der Waals surface area contributed by atoms with Gasteiger partial charge in [-0.1, -0.05) is 29.8 Å². The van der Waals surface area contributed by atoms with E-state index in [-0.39, 0.29) is 12.5 Å². The van der Waals surface area contributed by atoms with Crippen molar-refractivity contribution >= 4 is 22.6 Å². The number of anilines is 1. The molecular formula is C21H22N6O2. The predicted molar refractivity (Wildman–Crippen MR) is 110 cm³/mol. The fraction of sp³-hybridized carbons (Fsp3) is 0.238. The summed E-state index contributed by atoms with van der Waals surface area (Å²) in [5.74, 6) is -0.200. The van der Waals surface area contributed by atoms with Gasteiger partial charge >= 0.3 is 0 Å². The van der Waals surface area contributed by atoms with Crippen molar-refractivity contribution in [2.45, 2.75) is 27.1 Å². The van der Waals surface area contributed by atoms with Gasteiger partial charge in [-0.25, -0.2) is 14.3 Å². The van der Waals surface area contributed by atoms with Crippen LogP contribution in [0.15, 0.2) is 48.9 Å². The van der Waals surface area contributed by atoms with Gasteiger partial charge in [-0.2, -0.15) is 10.2 Å². The van der Waals surface area contributed by atoms with Crippen molar-refractivity contribution in [3.63, 3.8) is 0 Å². The van der Waals surface area contributed by atoms with Crippen LogP contribution in [0.25, 0.3) is 22.2 Å². The number of hydrogen-bond acceptors (Lipinski definition) is 5. The van der Waals surface area contributed by atoms with E-state index >= 15 is 0 Å². The third kappa shape index (κ3) is 3.88. The van der Waals surface area contributed by atoms with Crippen LogP contribution >= 0.6 is 0 Å². The van der Waals surface area contributed by atoms with Gasteiger partial charge in [0.25, 0.3) is 0 Å². The molecule has 0 aliphatic carbocycles. The van der Waals surface area contributed by atoms with Crippen molar-refractivity contribution in [3.05, 3.63) is 60.2 Å². The molecule has 1 aromatic carbocycles. The number of hydrogen-bond donors (Lipinski definition) is 1. The summed E-state index contributed by atoms with van der Waals surface area (Å²) in [5.41, 5.74) is 5.49. The molecule has 4 rings (SSSR count). The zero-order valence-electron chi connectivity index (χ0n) is 16.6. The van der Waals surface area contributed by atoms with Crippen LogP contribution in [0, 0.1) is 13.8 Å². The van der Waals surface area contributed by atoms with E-state index in [1.807, 2.05) is 13.0 Å². The summed E-state index contributed by atoms with van der Waals surface area (Å²) in [6.07, 6.45) is 5.04. The summed E-state index contributed by atoms with van der Waals surface area (Å²) in [6.45, 7) is 4.38. The monoisotopic (exact) mass is 390 g/mol. The Bertz CT molecular complexity index is 1160. The van der Waals surface area contributed by atoms with E-state index in [1.165, 1.54) is 5.56 Å². The Balaban J connectivity index is 1.60. The second-order valence-corrected chi connectivity index (χ2v) is 6.90. The first-order chi connectivity index (χ1) is 14.0. The van der Waals surface area contributed by atoms with Crippen molar-refractivity contribution in [3.8, 4) is 11.1 Å². The number of amides is 1. The molecule has 3 aromatic heterocycles. The molecule has 8 heteroatoms. The van der Waals surface area contributed by atoms with Gasteiger partial charge in [0.2, 0.25) is 5.91 Å². The average molecular weight is 390 g/mol. The highest BCUT2D eigenvalue weighted by atomic mass is 16.5. The molecule has 0 unspecified atom stereocenters. The van der Waals surface area contributed by atoms with E-state index in [9.17, 15) is 4.79 Å². The van der Waals surface area contributed by atoms with Gasteiger partial charge in [-0.15, -0.1) is 0 Å². The van der Waals surface area contributed by atoms with Crippen LogP contribution in [0.1, 0.15) is 11.3 Å². The second kappa shape index (κ2) is 7.84. The number of aryl methyl sites for hydroxylation is 2. The maximum absolute atomic E-state index is 12.5. The predicted octanol–water partition coefficient (Wildman–Crippen LogP) is 3.15. The number of aromatic nitrogens is 5. The minimum atomic E-state index is -0.200. The number of ether oxygens (including phenoxy) is 1. The van der Waals surface area contributed by atoms with Gasteiger partial charge in [0.1, 0.15) is 13.3 Å². The number of benzene rings is 1. The molecule has 0 saturated carbocycles. The highest BCUT2D eigenvalue weighted by Gasteiger charge is 2.16. The van der Waals surface area contributed by atoms with Crippen molar-refractivity contribution in [1.29, 1.82) is 0 Å². The largest absolute Gasteiger partial charge is 0.362 e. The van der Waals surface area contributed by atoms with E-state index in [2.05, 4.69) is 51.7 Å². The molecule has 0 atom stereocenters. The smallest absolute Gasteiger partial charge is 0.246 e. The van der Waals surface area contributed by atoms with Crippen LogP contribution in [-0.2, 0) is 22.8 Å². The standard InChI is InChI=1S/C21H22N6O2/c1-14-4-6-16(7-5-14)18-8-9-22-21-20(18)15(2)25-27(21)12-19(28)24-17-10-23-26(11-17)13-29-3/h4-11H,12-13H2,1-3H3,(H,24,28). The van der Waals surface area contributed by atoms with Gasteiger partial charge in [-0.05, 0) is 31.0 Å². The topological polar surface area (TPSA) is 86.9 Å². The highest BCUT2D eigenvalue weighted by molar-refractivity contribution is 5.96. The van der Waals surface area contributed by atoms with Crippen LogP contribution in [-0.4, -0.2) is 37.6 Å². The number of methoxy groups -OCH3 is 1. The van der Waals surface area contributed by atoms with Crippen LogP contribution in [0.3, 0.4) is 0 Å². The third-order valence-electron chi connectivity index (χ3n) is 4.64. The molecule has 8 nitrogen and oxygen atoms in total. The fourth-order valence-corrected chi connectivity index (χ4v) is 3.33. The molecule has 1 N–H and O–H groups in total. The Morgan fingerprint density at radius 3 is 2.72 bits per heavy atom. The van der Waals surface area contributed by atoms with Crippen molar-refractivity contribution in [2.75, 3.05) is 12.4 Å². The lowest BCUT2D eigenvalue weighted by Crippen LogP contribution is -2.19. The number of pyridine rings is 1. The summed E-state index contributed by atoms with van der Waals surface area (Å²) in [6, 6.07) is 10.3. The van der Waals surface area contributed by atoms with Gasteiger partial charge in [0, 0.05) is 18.7 Å². The Labute approximate surface area is 168 Å². The van der Waals surface area contributed by atoms with Crippen molar-refractivity contribution < 1.29 is 9.53 Å². The number of nitrogens with zero attached hydrogens (tertiary/aromatic N) is 5. The maximum Gasteiger partial charge on any atom is 0.246 e. The summed E-state index contributed by atoms with van der Waals surface area (Å²) < 4.78 is 8.24. The molecule has 148 valence electrons. The zero-order chi connectivity index (χ0) is 20.4. The fourth-order valence-electron chi connectivity index (χ4n) is 3.33. The van der Waals surface area contributed by atoms with Crippen molar-refractivity contribution in [1.82, 2.24) is 24.5 Å². The van der Waals surface area contributed by atoms with Gasteiger partial charge < -0.3 is 10.1 Å². The van der Waals surface area contributed by atoms with Gasteiger partial charge in [0.05, 0.1) is 23.8 Å². The molecule has 4 aromatic rings. The molecule has 0 aliphatic rings. The second-order valence-electron chi connectivity index (χ2n) is 6.90. The maximum atomic E-state index is 12.5. The molecule has 1 amide bonds. The summed E-state index contributed by atoms with van der Waals surface area (Å²) in [7, 11) is 1.59. The Kier molecular flexibility index (Phi) is 5.09. The number of fused-ring (bicyclic) bond motifs is 1. The zero-order valence-corrected chi connectivity index (χ0v) is 16.6. The first kappa shape index (κ1) is 18.8. The van der Waals surface area contributed by atoms with Gasteiger partial charge in [0.15, 0.2) is 5.65 Å². The van der Waals surface area contributed by atoms with Crippen LogP contribution < -0.4 is 5.32 Å². The summed E-state index contributed by atoms with van der Waals surface area (Å²) in [4.78, 5) is 17.0.